The smallest absolute Gasteiger partial charge is 0.268 e. The number of benzene rings is 1. The van der Waals surface area contributed by atoms with Crippen molar-refractivity contribution in [3.8, 4) is 0 Å². The van der Waals surface area contributed by atoms with E-state index in [4.69, 9.17) is 5.73 Å². The monoisotopic (exact) mass is 281 g/mol. The van der Waals surface area contributed by atoms with Crippen molar-refractivity contribution in [2.75, 3.05) is 5.73 Å². The minimum atomic E-state index is 0.0292. The van der Waals surface area contributed by atoms with E-state index in [1.807, 2.05) is 36.5 Å². The lowest BCUT2D eigenvalue weighted by atomic mass is 10.1. The number of nitrogen functional groups attached to an aromatic ring is 1. The van der Waals surface area contributed by atoms with E-state index in [1.54, 1.807) is 0 Å². The number of amides is 1. The molecule has 1 fully saturated rings. The fraction of sp³-hybridized carbons (Fsp3) is 0.353. The summed E-state index contributed by atoms with van der Waals surface area (Å²) in [5.74, 6) is 0.0292. The molecule has 4 heteroatoms. The van der Waals surface area contributed by atoms with Crippen LogP contribution < -0.4 is 11.1 Å². The zero-order valence-corrected chi connectivity index (χ0v) is 11.9. The molecule has 1 atom stereocenters. The Bertz CT molecular complexity index is 700. The van der Waals surface area contributed by atoms with Crippen LogP contribution in [0.4, 0.5) is 5.69 Å². The molecule has 1 aromatic heterocycles. The average molecular weight is 281 g/mol. The third-order valence-corrected chi connectivity index (χ3v) is 4.50. The standard InChI is InChI=1S/C17H19N3O/c18-12-4-7-14-11(10-12)3-8-15(14)19-17(21)16-2-1-9-20(16)13-5-6-13/h1-2,4,7,9-10,13,15H,3,5-6,8,18H2,(H,19,21). The molecule has 21 heavy (non-hydrogen) atoms. The molecule has 4 rings (SSSR count). The van der Waals surface area contributed by atoms with Crippen LogP contribution in [-0.2, 0) is 6.42 Å². The fourth-order valence-electron chi connectivity index (χ4n) is 3.28. The second-order valence-corrected chi connectivity index (χ2v) is 6.05. The first-order valence-corrected chi connectivity index (χ1v) is 7.58. The number of fused-ring (bicyclic) bond motifs is 1. The lowest BCUT2D eigenvalue weighted by Crippen LogP contribution is -2.28. The first-order chi connectivity index (χ1) is 10.2. The van der Waals surface area contributed by atoms with E-state index in [1.165, 1.54) is 24.0 Å². The molecule has 1 unspecified atom stereocenters. The third kappa shape index (κ3) is 2.20. The number of anilines is 1. The average Bonchev–Trinajstić information content (AvgIpc) is 3.07. The number of rotatable bonds is 3. The van der Waals surface area contributed by atoms with Crippen LogP contribution in [0, 0.1) is 0 Å². The maximum absolute atomic E-state index is 12.5. The SMILES string of the molecule is Nc1ccc2c(c1)CCC2NC(=O)c1cccn1C1CC1. The summed E-state index contributed by atoms with van der Waals surface area (Å²) in [7, 11) is 0. The predicted octanol–water partition coefficient (Wildman–Crippen LogP) is 2.82. The van der Waals surface area contributed by atoms with Crippen LogP contribution in [0.1, 0.15) is 53.0 Å². The normalized spacial score (nSPS) is 20.3. The summed E-state index contributed by atoms with van der Waals surface area (Å²) < 4.78 is 2.11. The van der Waals surface area contributed by atoms with Crippen molar-refractivity contribution in [2.24, 2.45) is 0 Å². The Kier molecular flexibility index (Phi) is 2.77. The van der Waals surface area contributed by atoms with Gasteiger partial charge in [-0.1, -0.05) is 6.07 Å². The molecule has 3 N–H and O–H groups in total. The van der Waals surface area contributed by atoms with E-state index < -0.39 is 0 Å². The highest BCUT2D eigenvalue weighted by atomic mass is 16.2. The van der Waals surface area contributed by atoms with E-state index in [0.29, 0.717) is 6.04 Å². The molecule has 0 radical (unpaired) electrons. The second kappa shape index (κ2) is 4.65. The van der Waals surface area contributed by atoms with Gasteiger partial charge in [-0.15, -0.1) is 0 Å². The van der Waals surface area contributed by atoms with Gasteiger partial charge in [0.05, 0.1) is 6.04 Å². The van der Waals surface area contributed by atoms with Crippen LogP contribution in [-0.4, -0.2) is 10.5 Å². The Morgan fingerprint density at radius 1 is 1.24 bits per heavy atom. The highest BCUT2D eigenvalue weighted by molar-refractivity contribution is 5.93. The van der Waals surface area contributed by atoms with Gasteiger partial charge >= 0.3 is 0 Å². The Morgan fingerprint density at radius 3 is 2.90 bits per heavy atom. The topological polar surface area (TPSA) is 60.0 Å². The molecule has 0 spiro atoms. The number of carbonyl (C=O) groups excluding carboxylic acids is 1. The Balaban J connectivity index is 1.55. The first kappa shape index (κ1) is 12.5. The van der Waals surface area contributed by atoms with Gasteiger partial charge in [-0.3, -0.25) is 4.79 Å². The molecule has 2 aliphatic rings. The number of nitrogens with two attached hydrogens (primary N) is 1. The van der Waals surface area contributed by atoms with Crippen molar-refractivity contribution in [3.05, 3.63) is 53.3 Å². The molecule has 1 amide bonds. The Hall–Kier alpha value is -2.23. The number of nitrogens with zero attached hydrogens (tertiary/aromatic N) is 1. The summed E-state index contributed by atoms with van der Waals surface area (Å²) >= 11 is 0. The van der Waals surface area contributed by atoms with Crippen LogP contribution in [0.15, 0.2) is 36.5 Å². The van der Waals surface area contributed by atoms with Crippen LogP contribution in [0.2, 0.25) is 0 Å². The van der Waals surface area contributed by atoms with Crippen molar-refractivity contribution >= 4 is 11.6 Å². The highest BCUT2D eigenvalue weighted by Crippen LogP contribution is 2.36. The van der Waals surface area contributed by atoms with Crippen molar-refractivity contribution in [3.63, 3.8) is 0 Å². The number of nitrogens with one attached hydrogen (secondary N) is 1. The van der Waals surface area contributed by atoms with E-state index in [2.05, 4.69) is 9.88 Å². The predicted molar refractivity (Wildman–Crippen MR) is 82.1 cm³/mol. The van der Waals surface area contributed by atoms with E-state index in [9.17, 15) is 4.79 Å². The molecule has 4 nitrogen and oxygen atoms in total. The molecule has 0 bridgehead atoms. The molecule has 1 saturated carbocycles. The molecule has 2 aliphatic carbocycles. The molecular weight excluding hydrogens is 262 g/mol. The zero-order valence-electron chi connectivity index (χ0n) is 11.9. The van der Waals surface area contributed by atoms with Gasteiger partial charge in [-0.25, -0.2) is 0 Å². The second-order valence-electron chi connectivity index (χ2n) is 6.05. The maximum atomic E-state index is 12.5. The van der Waals surface area contributed by atoms with E-state index in [-0.39, 0.29) is 11.9 Å². The first-order valence-electron chi connectivity index (χ1n) is 7.58. The van der Waals surface area contributed by atoms with Gasteiger partial charge < -0.3 is 15.6 Å². The lowest BCUT2D eigenvalue weighted by molar-refractivity contribution is 0.0927. The van der Waals surface area contributed by atoms with Gasteiger partial charge in [0, 0.05) is 17.9 Å². The molecule has 0 aliphatic heterocycles. The fourth-order valence-corrected chi connectivity index (χ4v) is 3.28. The van der Waals surface area contributed by atoms with Gasteiger partial charge in [0.25, 0.3) is 5.91 Å². The maximum Gasteiger partial charge on any atom is 0.268 e. The summed E-state index contributed by atoms with van der Waals surface area (Å²) in [5.41, 5.74) is 9.87. The molecule has 2 aromatic rings. The summed E-state index contributed by atoms with van der Waals surface area (Å²) in [6.45, 7) is 0. The van der Waals surface area contributed by atoms with Crippen LogP contribution in [0.3, 0.4) is 0 Å². The highest BCUT2D eigenvalue weighted by Gasteiger charge is 2.29. The third-order valence-electron chi connectivity index (χ3n) is 4.50. The molecular formula is C17H19N3O. The van der Waals surface area contributed by atoms with Crippen LogP contribution in [0.5, 0.6) is 0 Å². The summed E-state index contributed by atoms with van der Waals surface area (Å²) in [4.78, 5) is 12.5. The van der Waals surface area contributed by atoms with Crippen molar-refractivity contribution in [1.29, 1.82) is 0 Å². The molecule has 108 valence electrons. The largest absolute Gasteiger partial charge is 0.399 e. The molecule has 1 heterocycles. The molecule has 1 aromatic carbocycles. The van der Waals surface area contributed by atoms with Crippen LogP contribution in [0.25, 0.3) is 0 Å². The van der Waals surface area contributed by atoms with Crippen LogP contribution >= 0.6 is 0 Å². The minimum absolute atomic E-state index is 0.0292. The summed E-state index contributed by atoms with van der Waals surface area (Å²) in [6, 6.07) is 10.5. The van der Waals surface area contributed by atoms with Gasteiger partial charge in [0.2, 0.25) is 0 Å². The number of aryl methyl sites for hydroxylation is 1. The quantitative estimate of drug-likeness (QED) is 0.850. The number of carbonyl (C=O) groups is 1. The molecule has 0 saturated heterocycles. The Morgan fingerprint density at radius 2 is 2.10 bits per heavy atom. The van der Waals surface area contributed by atoms with E-state index >= 15 is 0 Å². The lowest BCUT2D eigenvalue weighted by Gasteiger charge is -2.15. The van der Waals surface area contributed by atoms with Crippen molar-refractivity contribution < 1.29 is 4.79 Å². The van der Waals surface area contributed by atoms with E-state index in [0.717, 1.165) is 24.2 Å². The number of aromatic nitrogens is 1. The van der Waals surface area contributed by atoms with Gasteiger partial charge in [-0.05, 0) is 61.1 Å². The number of hydrogen-bond donors (Lipinski definition) is 2. The van der Waals surface area contributed by atoms with Gasteiger partial charge in [-0.2, -0.15) is 0 Å². The Labute approximate surface area is 124 Å². The van der Waals surface area contributed by atoms with Gasteiger partial charge in [0.15, 0.2) is 0 Å². The zero-order chi connectivity index (χ0) is 14.4. The number of hydrogen-bond acceptors (Lipinski definition) is 2. The summed E-state index contributed by atoms with van der Waals surface area (Å²) in [6.07, 6.45) is 6.31. The van der Waals surface area contributed by atoms with Gasteiger partial charge in [0.1, 0.15) is 5.69 Å². The van der Waals surface area contributed by atoms with Crippen molar-refractivity contribution in [1.82, 2.24) is 9.88 Å². The summed E-state index contributed by atoms with van der Waals surface area (Å²) in [5, 5.41) is 3.18. The van der Waals surface area contributed by atoms with Crippen molar-refractivity contribution in [2.45, 2.75) is 37.8 Å². The minimum Gasteiger partial charge on any atom is -0.399 e.